The van der Waals surface area contributed by atoms with Crippen molar-refractivity contribution in [3.8, 4) is 0 Å². The smallest absolute Gasteiger partial charge is 0.231 e. The Morgan fingerprint density at radius 2 is 1.76 bits per heavy atom. The molecule has 2 saturated heterocycles. The summed E-state index contributed by atoms with van der Waals surface area (Å²) < 4.78 is 18.7. The summed E-state index contributed by atoms with van der Waals surface area (Å²) in [5, 5.41) is 7.27. The van der Waals surface area contributed by atoms with Gasteiger partial charge in [-0.3, -0.25) is 4.79 Å². The van der Waals surface area contributed by atoms with Gasteiger partial charge in [-0.15, -0.1) is 0 Å². The summed E-state index contributed by atoms with van der Waals surface area (Å²) in [5.74, 6) is 0.327. The minimum absolute atomic E-state index is 0.0949. The number of fused-ring (bicyclic) bond motifs is 1. The van der Waals surface area contributed by atoms with Crippen LogP contribution in [-0.2, 0) is 4.74 Å². The van der Waals surface area contributed by atoms with E-state index < -0.39 is 5.82 Å². The Kier molecular flexibility index (Phi) is 6.19. The van der Waals surface area contributed by atoms with Crippen molar-refractivity contribution in [3.05, 3.63) is 71.7 Å². The number of likely N-dealkylation sites (N-methyl/N-ethyl adjacent to an activating group) is 1. The molecule has 9 nitrogen and oxygen atoms in total. The van der Waals surface area contributed by atoms with Crippen LogP contribution in [-0.4, -0.2) is 78.1 Å². The van der Waals surface area contributed by atoms with Crippen molar-refractivity contribution >= 4 is 40.0 Å². The minimum atomic E-state index is -0.390. The van der Waals surface area contributed by atoms with Gasteiger partial charge in [-0.25, -0.2) is 4.39 Å². The Bertz CT molecular complexity index is 1410. The van der Waals surface area contributed by atoms with Crippen LogP contribution in [0.3, 0.4) is 0 Å². The van der Waals surface area contributed by atoms with Crippen LogP contribution in [0.5, 0.6) is 0 Å². The Hall–Kier alpha value is -4.02. The first-order chi connectivity index (χ1) is 18.0. The second-order valence-electron chi connectivity index (χ2n) is 9.50. The van der Waals surface area contributed by atoms with Crippen LogP contribution < -0.4 is 15.5 Å². The third-order valence-electron chi connectivity index (χ3n) is 6.85. The van der Waals surface area contributed by atoms with E-state index in [-0.39, 0.29) is 11.8 Å². The SMILES string of the molecule is CN1CCN(c2ccc(Nc3nc(NC4COC4)c4c(C(=O)c5ccc(F)cc5)c[nH]c4n3)cc2)CC1. The molecule has 4 heterocycles. The number of H-pyrrole nitrogens is 1. The van der Waals surface area contributed by atoms with Crippen molar-refractivity contribution in [3.63, 3.8) is 0 Å². The van der Waals surface area contributed by atoms with Crippen molar-refractivity contribution in [1.82, 2.24) is 19.9 Å². The van der Waals surface area contributed by atoms with E-state index in [1.807, 2.05) is 12.1 Å². The molecule has 2 aliphatic rings. The molecular weight excluding hydrogens is 473 g/mol. The topological polar surface area (TPSA) is 98.4 Å². The lowest BCUT2D eigenvalue weighted by Gasteiger charge is -2.34. The van der Waals surface area contributed by atoms with Gasteiger partial charge in [0.15, 0.2) is 5.78 Å². The minimum Gasteiger partial charge on any atom is -0.377 e. The summed E-state index contributed by atoms with van der Waals surface area (Å²) in [6.45, 7) is 5.25. The molecule has 0 spiro atoms. The summed E-state index contributed by atoms with van der Waals surface area (Å²) >= 11 is 0. The van der Waals surface area contributed by atoms with E-state index in [4.69, 9.17) is 9.72 Å². The molecule has 0 amide bonds. The van der Waals surface area contributed by atoms with E-state index >= 15 is 0 Å². The van der Waals surface area contributed by atoms with E-state index in [2.05, 4.69) is 49.6 Å². The van der Waals surface area contributed by atoms with Gasteiger partial charge in [-0.1, -0.05) is 0 Å². The predicted molar refractivity (Wildman–Crippen MR) is 141 cm³/mol. The van der Waals surface area contributed by atoms with Crippen LogP contribution in [0.15, 0.2) is 54.7 Å². The molecule has 0 saturated carbocycles. The Morgan fingerprint density at radius 1 is 1.03 bits per heavy atom. The molecule has 190 valence electrons. The van der Waals surface area contributed by atoms with Gasteiger partial charge < -0.3 is 30.2 Å². The standard InChI is InChI=1S/C27H28FN7O2/c1-34-10-12-35(13-11-34)21-8-6-19(7-9-21)31-27-32-25-23(26(33-27)30-20-15-37-16-20)22(14-29-25)24(36)17-2-4-18(28)5-3-17/h2-9,14,20H,10-13,15-16H2,1H3,(H3,29,30,31,32,33). The van der Waals surface area contributed by atoms with Crippen molar-refractivity contribution in [2.45, 2.75) is 6.04 Å². The van der Waals surface area contributed by atoms with E-state index in [0.717, 1.165) is 31.9 Å². The van der Waals surface area contributed by atoms with Gasteiger partial charge in [0.1, 0.15) is 17.3 Å². The fourth-order valence-electron chi connectivity index (χ4n) is 4.59. The molecule has 2 fully saturated rings. The molecule has 0 radical (unpaired) electrons. The molecule has 0 aliphatic carbocycles. The number of ether oxygens (including phenoxy) is 1. The average Bonchev–Trinajstić information content (AvgIpc) is 3.31. The number of carbonyl (C=O) groups is 1. The molecule has 6 rings (SSSR count). The number of benzene rings is 2. The Morgan fingerprint density at radius 3 is 2.43 bits per heavy atom. The van der Waals surface area contributed by atoms with Gasteiger partial charge in [-0.2, -0.15) is 9.97 Å². The van der Waals surface area contributed by atoms with Crippen molar-refractivity contribution in [2.75, 3.05) is 62.0 Å². The molecule has 0 bridgehead atoms. The largest absolute Gasteiger partial charge is 0.377 e. The number of aromatic amines is 1. The maximum Gasteiger partial charge on any atom is 0.231 e. The summed E-state index contributed by atoms with van der Waals surface area (Å²) in [6, 6.07) is 13.9. The number of nitrogens with zero attached hydrogens (tertiary/aromatic N) is 4. The van der Waals surface area contributed by atoms with E-state index in [1.165, 1.54) is 30.0 Å². The van der Waals surface area contributed by atoms with Crippen LogP contribution >= 0.6 is 0 Å². The lowest BCUT2D eigenvalue weighted by atomic mass is 10.0. The Balaban J connectivity index is 1.28. The van der Waals surface area contributed by atoms with E-state index in [9.17, 15) is 9.18 Å². The molecule has 3 N–H and O–H groups in total. The number of ketones is 1. The highest BCUT2D eigenvalue weighted by molar-refractivity contribution is 6.18. The van der Waals surface area contributed by atoms with Crippen molar-refractivity contribution in [2.24, 2.45) is 0 Å². The summed E-state index contributed by atoms with van der Waals surface area (Å²) in [4.78, 5) is 30.4. The average molecular weight is 502 g/mol. The van der Waals surface area contributed by atoms with E-state index in [1.54, 1.807) is 6.20 Å². The third-order valence-corrected chi connectivity index (χ3v) is 6.85. The van der Waals surface area contributed by atoms with Crippen LogP contribution in [0.4, 0.5) is 27.5 Å². The van der Waals surface area contributed by atoms with Crippen LogP contribution in [0, 0.1) is 5.82 Å². The molecule has 0 atom stereocenters. The lowest BCUT2D eigenvalue weighted by Crippen LogP contribution is -2.44. The second kappa shape index (κ2) is 9.79. The maximum atomic E-state index is 13.4. The molecule has 37 heavy (non-hydrogen) atoms. The molecule has 2 aliphatic heterocycles. The fraction of sp³-hybridized carbons (Fsp3) is 0.296. The third kappa shape index (κ3) is 4.85. The van der Waals surface area contributed by atoms with Gasteiger partial charge in [-0.05, 0) is 55.6 Å². The van der Waals surface area contributed by atoms with Gasteiger partial charge in [0.2, 0.25) is 5.95 Å². The fourth-order valence-corrected chi connectivity index (χ4v) is 4.59. The molecule has 2 aromatic carbocycles. The molecule has 0 unspecified atom stereocenters. The van der Waals surface area contributed by atoms with Gasteiger partial charge in [0.25, 0.3) is 0 Å². The highest BCUT2D eigenvalue weighted by atomic mass is 19.1. The first-order valence-electron chi connectivity index (χ1n) is 12.4. The number of piperazine rings is 1. The molecule has 10 heteroatoms. The predicted octanol–water partition coefficient (Wildman–Crippen LogP) is 3.63. The first-order valence-corrected chi connectivity index (χ1v) is 12.4. The van der Waals surface area contributed by atoms with Gasteiger partial charge in [0.05, 0.1) is 30.2 Å². The zero-order valence-corrected chi connectivity index (χ0v) is 20.5. The quantitative estimate of drug-likeness (QED) is 0.330. The molecular formula is C27H28FN7O2. The van der Waals surface area contributed by atoms with E-state index in [0.29, 0.717) is 47.1 Å². The molecule has 2 aromatic heterocycles. The second-order valence-corrected chi connectivity index (χ2v) is 9.50. The normalized spacial score (nSPS) is 16.5. The van der Waals surface area contributed by atoms with Crippen molar-refractivity contribution < 1.29 is 13.9 Å². The van der Waals surface area contributed by atoms with Crippen LogP contribution in [0.2, 0.25) is 0 Å². The first kappa shape index (κ1) is 23.4. The monoisotopic (exact) mass is 501 g/mol. The highest BCUT2D eigenvalue weighted by Crippen LogP contribution is 2.30. The van der Waals surface area contributed by atoms with Crippen molar-refractivity contribution in [1.29, 1.82) is 0 Å². The van der Waals surface area contributed by atoms with Gasteiger partial charge in [0, 0.05) is 49.3 Å². The lowest BCUT2D eigenvalue weighted by molar-refractivity contribution is 0.0210. The number of hydrogen-bond donors (Lipinski definition) is 3. The number of nitrogens with one attached hydrogen (secondary N) is 3. The zero-order chi connectivity index (χ0) is 25.4. The number of anilines is 4. The number of hydrogen-bond acceptors (Lipinski definition) is 8. The maximum absolute atomic E-state index is 13.4. The number of rotatable bonds is 7. The zero-order valence-electron chi connectivity index (χ0n) is 20.5. The summed E-state index contributed by atoms with van der Waals surface area (Å²) in [5.41, 5.74) is 3.40. The molecule has 4 aromatic rings. The Labute approximate surface area is 213 Å². The summed E-state index contributed by atoms with van der Waals surface area (Å²) in [7, 11) is 2.15. The van der Waals surface area contributed by atoms with Crippen LogP contribution in [0.25, 0.3) is 11.0 Å². The number of aromatic nitrogens is 3. The number of carbonyl (C=O) groups excluding carboxylic acids is 1. The summed E-state index contributed by atoms with van der Waals surface area (Å²) in [6.07, 6.45) is 1.63. The van der Waals surface area contributed by atoms with Crippen LogP contribution in [0.1, 0.15) is 15.9 Å². The highest BCUT2D eigenvalue weighted by Gasteiger charge is 2.24. The number of halogens is 1. The van der Waals surface area contributed by atoms with Gasteiger partial charge >= 0.3 is 0 Å².